The van der Waals surface area contributed by atoms with Crippen molar-refractivity contribution < 1.29 is 33.6 Å². The van der Waals surface area contributed by atoms with Gasteiger partial charge in [-0.1, -0.05) is 0 Å². The fourth-order valence-electron chi connectivity index (χ4n) is 3.22. The van der Waals surface area contributed by atoms with E-state index in [9.17, 15) is 14.7 Å². The standard InChI is InChI=1S/C20H30N2O7/c1-20(2,3)29-19(25)22-8-7-21(12-14(22)18(23)24)11-13-9-15(26-4)17(28-6)16(10-13)27-5/h9-10,14H,7-8,11-12H2,1-6H3,(H,23,24). The van der Waals surface area contributed by atoms with Gasteiger partial charge in [0.25, 0.3) is 0 Å². The van der Waals surface area contributed by atoms with Gasteiger partial charge in [-0.3, -0.25) is 9.80 Å². The fourth-order valence-corrected chi connectivity index (χ4v) is 3.22. The van der Waals surface area contributed by atoms with Crippen molar-refractivity contribution in [3.8, 4) is 17.2 Å². The topological polar surface area (TPSA) is 97.8 Å². The molecule has 1 atom stereocenters. The van der Waals surface area contributed by atoms with Gasteiger partial charge in [-0.05, 0) is 38.5 Å². The molecule has 1 saturated heterocycles. The van der Waals surface area contributed by atoms with Gasteiger partial charge in [0.1, 0.15) is 11.6 Å². The van der Waals surface area contributed by atoms with Crippen molar-refractivity contribution in [3.05, 3.63) is 17.7 Å². The highest BCUT2D eigenvalue weighted by molar-refractivity contribution is 5.80. The molecule has 0 bridgehead atoms. The molecular weight excluding hydrogens is 380 g/mol. The molecule has 1 N–H and O–H groups in total. The van der Waals surface area contributed by atoms with Crippen molar-refractivity contribution in [1.29, 1.82) is 0 Å². The first-order valence-corrected chi connectivity index (χ1v) is 9.33. The number of ether oxygens (including phenoxy) is 4. The SMILES string of the molecule is COc1cc(CN2CCN(C(=O)OC(C)(C)C)C(C(=O)O)C2)cc(OC)c1OC. The molecular formula is C20H30N2O7. The molecule has 0 aliphatic carbocycles. The van der Waals surface area contributed by atoms with Crippen LogP contribution in [0.3, 0.4) is 0 Å². The van der Waals surface area contributed by atoms with E-state index in [2.05, 4.69) is 0 Å². The Kier molecular flexibility index (Phi) is 7.18. The molecule has 2 rings (SSSR count). The van der Waals surface area contributed by atoms with Crippen LogP contribution in [0.15, 0.2) is 12.1 Å². The summed E-state index contributed by atoms with van der Waals surface area (Å²) in [6.07, 6.45) is -0.614. The molecule has 1 heterocycles. The number of carboxylic acids is 1. The van der Waals surface area contributed by atoms with Gasteiger partial charge in [0.2, 0.25) is 5.75 Å². The Labute approximate surface area is 171 Å². The van der Waals surface area contributed by atoms with Crippen LogP contribution in [0, 0.1) is 0 Å². The molecule has 29 heavy (non-hydrogen) atoms. The lowest BCUT2D eigenvalue weighted by molar-refractivity contribution is -0.145. The summed E-state index contributed by atoms with van der Waals surface area (Å²) in [5.41, 5.74) is 0.197. The van der Waals surface area contributed by atoms with Crippen LogP contribution < -0.4 is 14.2 Å². The minimum Gasteiger partial charge on any atom is -0.493 e. The Morgan fingerprint density at radius 2 is 1.66 bits per heavy atom. The maximum atomic E-state index is 12.4. The van der Waals surface area contributed by atoms with E-state index in [0.29, 0.717) is 30.3 Å². The van der Waals surface area contributed by atoms with Crippen molar-refractivity contribution >= 4 is 12.1 Å². The zero-order chi connectivity index (χ0) is 21.8. The number of piperazine rings is 1. The summed E-state index contributed by atoms with van der Waals surface area (Å²) >= 11 is 0. The average molecular weight is 410 g/mol. The third-order valence-corrected chi connectivity index (χ3v) is 4.51. The predicted octanol–water partition coefficient (Wildman–Crippen LogP) is 2.22. The molecule has 1 aliphatic rings. The molecule has 1 fully saturated rings. The van der Waals surface area contributed by atoms with Gasteiger partial charge in [0.15, 0.2) is 11.5 Å². The van der Waals surface area contributed by atoms with Crippen LogP contribution in [0.25, 0.3) is 0 Å². The number of benzene rings is 1. The molecule has 0 saturated carbocycles. The van der Waals surface area contributed by atoms with Gasteiger partial charge in [0.05, 0.1) is 21.3 Å². The van der Waals surface area contributed by atoms with Gasteiger partial charge < -0.3 is 24.1 Å². The Morgan fingerprint density at radius 3 is 2.10 bits per heavy atom. The van der Waals surface area contributed by atoms with Crippen LogP contribution in [0.1, 0.15) is 26.3 Å². The van der Waals surface area contributed by atoms with Crippen molar-refractivity contribution in [2.75, 3.05) is 41.0 Å². The highest BCUT2D eigenvalue weighted by atomic mass is 16.6. The summed E-state index contributed by atoms with van der Waals surface area (Å²) < 4.78 is 21.4. The minimum atomic E-state index is -1.06. The second-order valence-electron chi connectivity index (χ2n) is 7.80. The molecule has 1 aromatic rings. The van der Waals surface area contributed by atoms with E-state index in [-0.39, 0.29) is 13.1 Å². The number of carbonyl (C=O) groups is 2. The van der Waals surface area contributed by atoms with Crippen molar-refractivity contribution in [2.45, 2.75) is 39.0 Å². The minimum absolute atomic E-state index is 0.186. The third kappa shape index (κ3) is 5.66. The van der Waals surface area contributed by atoms with E-state index >= 15 is 0 Å². The van der Waals surface area contributed by atoms with E-state index in [1.165, 1.54) is 12.0 Å². The maximum absolute atomic E-state index is 12.4. The summed E-state index contributed by atoms with van der Waals surface area (Å²) in [5.74, 6) is 0.496. The molecule has 9 heteroatoms. The summed E-state index contributed by atoms with van der Waals surface area (Å²) in [6.45, 7) is 6.69. The largest absolute Gasteiger partial charge is 0.493 e. The van der Waals surface area contributed by atoms with Gasteiger partial charge in [0, 0.05) is 26.2 Å². The van der Waals surface area contributed by atoms with E-state index in [1.807, 2.05) is 17.0 Å². The maximum Gasteiger partial charge on any atom is 0.411 e. The molecule has 1 aromatic carbocycles. The summed E-state index contributed by atoms with van der Waals surface area (Å²) in [4.78, 5) is 27.4. The number of hydrogen-bond acceptors (Lipinski definition) is 7. The fraction of sp³-hybridized carbons (Fsp3) is 0.600. The van der Waals surface area contributed by atoms with E-state index in [0.717, 1.165) is 5.56 Å². The molecule has 0 aromatic heterocycles. The van der Waals surface area contributed by atoms with Crippen LogP contribution in [0.4, 0.5) is 4.79 Å². The van der Waals surface area contributed by atoms with E-state index in [4.69, 9.17) is 18.9 Å². The smallest absolute Gasteiger partial charge is 0.411 e. The molecule has 0 radical (unpaired) electrons. The lowest BCUT2D eigenvalue weighted by Crippen LogP contribution is -2.58. The lowest BCUT2D eigenvalue weighted by Gasteiger charge is -2.39. The van der Waals surface area contributed by atoms with Crippen LogP contribution in [-0.4, -0.2) is 79.6 Å². The number of carboxylic acid groups (broad SMARTS) is 1. The monoisotopic (exact) mass is 410 g/mol. The molecule has 0 spiro atoms. The number of nitrogens with zero attached hydrogens (tertiary/aromatic N) is 2. The molecule has 9 nitrogen and oxygen atoms in total. The second kappa shape index (κ2) is 9.21. The Bertz CT molecular complexity index is 720. The van der Waals surface area contributed by atoms with Gasteiger partial charge >= 0.3 is 12.1 Å². The first-order valence-electron chi connectivity index (χ1n) is 9.33. The molecule has 1 unspecified atom stereocenters. The van der Waals surface area contributed by atoms with Crippen LogP contribution in [-0.2, 0) is 16.1 Å². The first kappa shape index (κ1) is 22.6. The van der Waals surface area contributed by atoms with Gasteiger partial charge in [-0.25, -0.2) is 9.59 Å². The van der Waals surface area contributed by atoms with Crippen molar-refractivity contribution in [3.63, 3.8) is 0 Å². The van der Waals surface area contributed by atoms with E-state index < -0.39 is 23.7 Å². The van der Waals surface area contributed by atoms with Crippen molar-refractivity contribution in [2.24, 2.45) is 0 Å². The van der Waals surface area contributed by atoms with E-state index in [1.54, 1.807) is 35.0 Å². The summed E-state index contributed by atoms with van der Waals surface area (Å²) in [5, 5.41) is 9.64. The summed E-state index contributed by atoms with van der Waals surface area (Å²) in [7, 11) is 4.62. The van der Waals surface area contributed by atoms with Gasteiger partial charge in [-0.2, -0.15) is 0 Å². The number of amides is 1. The quantitative estimate of drug-likeness (QED) is 0.762. The first-order chi connectivity index (χ1) is 13.6. The van der Waals surface area contributed by atoms with Crippen LogP contribution in [0.5, 0.6) is 17.2 Å². The number of methoxy groups -OCH3 is 3. The number of aliphatic carboxylic acids is 1. The highest BCUT2D eigenvalue weighted by Gasteiger charge is 2.37. The number of hydrogen-bond donors (Lipinski definition) is 1. The molecule has 162 valence electrons. The zero-order valence-corrected chi connectivity index (χ0v) is 17.9. The predicted molar refractivity (Wildman–Crippen MR) is 106 cm³/mol. The third-order valence-electron chi connectivity index (χ3n) is 4.51. The second-order valence-corrected chi connectivity index (χ2v) is 7.80. The zero-order valence-electron chi connectivity index (χ0n) is 17.9. The number of carbonyl (C=O) groups excluding carboxylic acids is 1. The normalized spacial score (nSPS) is 17.6. The Hall–Kier alpha value is -2.68. The Morgan fingerprint density at radius 1 is 1.07 bits per heavy atom. The summed E-state index contributed by atoms with van der Waals surface area (Å²) in [6, 6.07) is 2.68. The number of rotatable bonds is 6. The lowest BCUT2D eigenvalue weighted by atomic mass is 10.1. The van der Waals surface area contributed by atoms with Crippen LogP contribution in [0.2, 0.25) is 0 Å². The van der Waals surface area contributed by atoms with Gasteiger partial charge in [-0.15, -0.1) is 0 Å². The highest BCUT2D eigenvalue weighted by Crippen LogP contribution is 2.38. The Balaban J connectivity index is 2.16. The molecule has 1 amide bonds. The van der Waals surface area contributed by atoms with Crippen LogP contribution >= 0.6 is 0 Å². The molecule has 1 aliphatic heterocycles. The van der Waals surface area contributed by atoms with Crippen molar-refractivity contribution in [1.82, 2.24) is 9.80 Å². The average Bonchev–Trinajstić information content (AvgIpc) is 2.65.